The van der Waals surface area contributed by atoms with Crippen molar-refractivity contribution < 1.29 is 13.0 Å². The van der Waals surface area contributed by atoms with Crippen LogP contribution >= 0.6 is 0 Å². The first kappa shape index (κ1) is 27.1. The second-order valence-corrected chi connectivity index (χ2v) is 9.31. The maximum Gasteiger partial charge on any atom is 0.294 e. The molecule has 3 nitrogen and oxygen atoms in total. The standard InChI is InChI=1S/C17H36.C7H8O3S/c1-3-5-7-9-11-13-15-17-16-14-12-10-8-6-4-2;1-6-2-4-7(5-3-6)11(8,9)10/h3-17H2,1-2H3;2-5H,1H3,(H,8,9,10). The van der Waals surface area contributed by atoms with Crippen LogP contribution in [-0.4, -0.2) is 13.0 Å². The Balaban J connectivity index is 0.000000567. The first-order valence-electron chi connectivity index (χ1n) is 11.5. The van der Waals surface area contributed by atoms with Crippen LogP contribution < -0.4 is 0 Å². The summed E-state index contributed by atoms with van der Waals surface area (Å²) in [5, 5.41) is 0. The van der Waals surface area contributed by atoms with E-state index in [9.17, 15) is 8.42 Å². The lowest BCUT2D eigenvalue weighted by Gasteiger charge is -2.02. The number of unbranched alkanes of at least 4 members (excludes halogenated alkanes) is 14. The molecular weight excluding hydrogens is 368 g/mol. The number of hydrogen-bond acceptors (Lipinski definition) is 2. The molecule has 0 bridgehead atoms. The van der Waals surface area contributed by atoms with Gasteiger partial charge in [0, 0.05) is 0 Å². The summed E-state index contributed by atoms with van der Waals surface area (Å²) in [5.74, 6) is 0. The molecule has 0 aliphatic rings. The Morgan fingerprint density at radius 1 is 0.607 bits per heavy atom. The van der Waals surface area contributed by atoms with E-state index in [4.69, 9.17) is 4.55 Å². The maximum atomic E-state index is 10.5. The number of hydrogen-bond donors (Lipinski definition) is 1. The summed E-state index contributed by atoms with van der Waals surface area (Å²) in [6, 6.07) is 5.99. The summed E-state index contributed by atoms with van der Waals surface area (Å²) in [7, 11) is -4.02. The Hall–Kier alpha value is -0.870. The molecule has 1 rings (SSSR count). The molecule has 4 heteroatoms. The SMILES string of the molecule is CCCCCCCCCCCCCCCCC.Cc1ccc(S(=O)(=O)O)cc1. The third kappa shape index (κ3) is 17.2. The van der Waals surface area contributed by atoms with Gasteiger partial charge in [-0.15, -0.1) is 0 Å². The number of rotatable bonds is 15. The van der Waals surface area contributed by atoms with E-state index in [-0.39, 0.29) is 4.90 Å². The van der Waals surface area contributed by atoms with E-state index in [0.717, 1.165) is 5.56 Å². The number of benzene rings is 1. The van der Waals surface area contributed by atoms with E-state index in [2.05, 4.69) is 13.8 Å². The van der Waals surface area contributed by atoms with Crippen molar-refractivity contribution in [3.05, 3.63) is 29.8 Å². The lowest BCUT2D eigenvalue weighted by Crippen LogP contribution is -1.96. The predicted molar refractivity (Wildman–Crippen MR) is 122 cm³/mol. The molecule has 0 unspecified atom stereocenters. The highest BCUT2D eigenvalue weighted by atomic mass is 32.2. The van der Waals surface area contributed by atoms with Crippen molar-refractivity contribution in [3.63, 3.8) is 0 Å². The van der Waals surface area contributed by atoms with E-state index in [1.54, 1.807) is 12.1 Å². The molecule has 0 fully saturated rings. The van der Waals surface area contributed by atoms with E-state index in [1.807, 2.05) is 6.92 Å². The minimum absolute atomic E-state index is 0.0666. The Kier molecular flexibility index (Phi) is 17.6. The van der Waals surface area contributed by atoms with E-state index >= 15 is 0 Å². The van der Waals surface area contributed by atoms with E-state index < -0.39 is 10.1 Å². The first-order valence-corrected chi connectivity index (χ1v) is 12.9. The van der Waals surface area contributed by atoms with Crippen LogP contribution in [0.1, 0.15) is 116 Å². The topological polar surface area (TPSA) is 54.4 Å². The first-order chi connectivity index (χ1) is 13.4. The summed E-state index contributed by atoms with van der Waals surface area (Å²) in [4.78, 5) is -0.0666. The van der Waals surface area contributed by atoms with Gasteiger partial charge in [0.25, 0.3) is 10.1 Å². The van der Waals surface area contributed by atoms with Crippen molar-refractivity contribution in [1.29, 1.82) is 0 Å². The minimum Gasteiger partial charge on any atom is -0.282 e. The van der Waals surface area contributed by atoms with Crippen LogP contribution in [0.2, 0.25) is 0 Å². The van der Waals surface area contributed by atoms with Gasteiger partial charge in [-0.05, 0) is 19.1 Å². The minimum atomic E-state index is -4.02. The highest BCUT2D eigenvalue weighted by molar-refractivity contribution is 7.85. The quantitative estimate of drug-likeness (QED) is 0.234. The fraction of sp³-hybridized carbons (Fsp3) is 0.750. The zero-order chi connectivity index (χ0) is 21.1. The van der Waals surface area contributed by atoms with Gasteiger partial charge >= 0.3 is 0 Å². The summed E-state index contributed by atoms with van der Waals surface area (Å²) in [6.45, 7) is 6.43. The van der Waals surface area contributed by atoms with Crippen molar-refractivity contribution in [3.8, 4) is 0 Å². The van der Waals surface area contributed by atoms with Crippen molar-refractivity contribution in [2.24, 2.45) is 0 Å². The van der Waals surface area contributed by atoms with Gasteiger partial charge in [0.15, 0.2) is 0 Å². The summed E-state index contributed by atoms with van der Waals surface area (Å²) in [5.41, 5.74) is 0.956. The zero-order valence-electron chi connectivity index (χ0n) is 18.6. The molecule has 1 aromatic rings. The van der Waals surface area contributed by atoms with Gasteiger partial charge in [-0.2, -0.15) is 8.42 Å². The van der Waals surface area contributed by atoms with Gasteiger partial charge in [-0.25, -0.2) is 0 Å². The van der Waals surface area contributed by atoms with Crippen LogP contribution in [0.15, 0.2) is 29.2 Å². The molecule has 0 heterocycles. The van der Waals surface area contributed by atoms with Crippen LogP contribution in [-0.2, 0) is 10.1 Å². The lowest BCUT2D eigenvalue weighted by molar-refractivity contribution is 0.483. The van der Waals surface area contributed by atoms with E-state index in [0.29, 0.717) is 0 Å². The summed E-state index contributed by atoms with van der Waals surface area (Å²) >= 11 is 0. The molecule has 0 aliphatic carbocycles. The molecule has 0 radical (unpaired) electrons. The molecule has 164 valence electrons. The van der Waals surface area contributed by atoms with E-state index in [1.165, 1.54) is 108 Å². The molecule has 0 spiro atoms. The van der Waals surface area contributed by atoms with Crippen molar-refractivity contribution >= 4 is 10.1 Å². The van der Waals surface area contributed by atoms with Gasteiger partial charge in [-0.1, -0.05) is 128 Å². The Bertz CT molecular complexity index is 536. The fourth-order valence-corrected chi connectivity index (χ4v) is 3.63. The summed E-state index contributed by atoms with van der Waals surface area (Å²) < 4.78 is 29.6. The van der Waals surface area contributed by atoms with Crippen molar-refractivity contribution in [1.82, 2.24) is 0 Å². The maximum absolute atomic E-state index is 10.5. The molecule has 0 atom stereocenters. The zero-order valence-corrected chi connectivity index (χ0v) is 19.4. The molecule has 1 N–H and O–H groups in total. The molecule has 28 heavy (non-hydrogen) atoms. The molecule has 0 amide bonds. The predicted octanol–water partition coefficient (Wildman–Crippen LogP) is 8.12. The summed E-state index contributed by atoms with van der Waals surface area (Å²) in [6.07, 6.45) is 21.9. The smallest absolute Gasteiger partial charge is 0.282 e. The van der Waals surface area contributed by atoms with Gasteiger partial charge in [0.1, 0.15) is 0 Å². The average Bonchev–Trinajstić information content (AvgIpc) is 2.66. The van der Waals surface area contributed by atoms with Gasteiger partial charge in [-0.3, -0.25) is 4.55 Å². The van der Waals surface area contributed by atoms with Crippen LogP contribution in [0.5, 0.6) is 0 Å². The molecule has 1 aromatic carbocycles. The normalized spacial score (nSPS) is 11.1. The molecule has 0 saturated heterocycles. The highest BCUT2D eigenvalue weighted by Gasteiger charge is 2.06. The third-order valence-electron chi connectivity index (χ3n) is 5.03. The lowest BCUT2D eigenvalue weighted by atomic mass is 10.0. The Labute approximate surface area is 175 Å². The van der Waals surface area contributed by atoms with Gasteiger partial charge in [0.05, 0.1) is 4.90 Å². The van der Waals surface area contributed by atoms with Gasteiger partial charge in [0.2, 0.25) is 0 Å². The van der Waals surface area contributed by atoms with Gasteiger partial charge < -0.3 is 0 Å². The van der Waals surface area contributed by atoms with Crippen LogP contribution in [0, 0.1) is 6.92 Å². The molecule has 0 aliphatic heterocycles. The Morgan fingerprint density at radius 3 is 1.14 bits per heavy atom. The van der Waals surface area contributed by atoms with Crippen LogP contribution in [0.25, 0.3) is 0 Å². The molecule has 0 aromatic heterocycles. The molecule has 0 saturated carbocycles. The van der Waals surface area contributed by atoms with Crippen molar-refractivity contribution in [2.75, 3.05) is 0 Å². The largest absolute Gasteiger partial charge is 0.294 e. The fourth-order valence-electron chi connectivity index (χ4n) is 3.15. The Morgan fingerprint density at radius 2 is 0.893 bits per heavy atom. The van der Waals surface area contributed by atoms with Crippen LogP contribution in [0.4, 0.5) is 0 Å². The van der Waals surface area contributed by atoms with Crippen molar-refractivity contribution in [2.45, 2.75) is 122 Å². The second kappa shape index (κ2) is 18.2. The number of aryl methyl sites for hydroxylation is 1. The monoisotopic (exact) mass is 412 g/mol. The second-order valence-electron chi connectivity index (χ2n) is 7.88. The highest BCUT2D eigenvalue weighted by Crippen LogP contribution is 2.13. The average molecular weight is 413 g/mol. The molecular formula is C24H44O3S. The van der Waals surface area contributed by atoms with Crippen LogP contribution in [0.3, 0.4) is 0 Å². The third-order valence-corrected chi connectivity index (χ3v) is 5.89.